The SMILES string of the molecule is CCCCCCCCCCCC[CH][Si](C)(C)c1ccccc1. The van der Waals surface area contributed by atoms with Crippen molar-refractivity contribution in [2.45, 2.75) is 90.6 Å². The zero-order chi connectivity index (χ0) is 16.1. The standard InChI is InChI=1S/C21H37Si/c1-4-5-6-7-8-9-10-11-12-13-17-20-22(2,3)21-18-15-14-16-19-21/h14-16,18-20H,4-13,17H2,1-3H3. The Morgan fingerprint density at radius 3 is 1.77 bits per heavy atom. The molecule has 0 aliphatic rings. The molecule has 0 bridgehead atoms. The van der Waals surface area contributed by atoms with E-state index >= 15 is 0 Å². The van der Waals surface area contributed by atoms with Gasteiger partial charge in [-0.05, 0) is 6.04 Å². The predicted octanol–water partition coefficient (Wildman–Crippen LogP) is 6.66. The second-order valence-corrected chi connectivity index (χ2v) is 11.7. The first-order valence-electron chi connectivity index (χ1n) is 9.56. The fourth-order valence-corrected chi connectivity index (χ4v) is 5.29. The van der Waals surface area contributed by atoms with Gasteiger partial charge in [0.2, 0.25) is 0 Å². The fourth-order valence-electron chi connectivity index (χ4n) is 3.08. The highest BCUT2D eigenvalue weighted by atomic mass is 28.3. The summed E-state index contributed by atoms with van der Waals surface area (Å²) in [7, 11) is -1.30. The summed E-state index contributed by atoms with van der Waals surface area (Å²) in [6, 6.07) is 13.7. The van der Waals surface area contributed by atoms with Gasteiger partial charge in [0, 0.05) is 0 Å². The van der Waals surface area contributed by atoms with E-state index in [4.69, 9.17) is 0 Å². The molecule has 0 aliphatic carbocycles. The smallest absolute Gasteiger partial charge is 0.0654 e. The highest BCUT2D eigenvalue weighted by molar-refractivity contribution is 6.92. The van der Waals surface area contributed by atoms with Gasteiger partial charge in [-0.1, -0.05) is 126 Å². The first-order chi connectivity index (χ1) is 10.7. The Kier molecular flexibility index (Phi) is 10.6. The van der Waals surface area contributed by atoms with Crippen LogP contribution < -0.4 is 5.19 Å². The summed E-state index contributed by atoms with van der Waals surface area (Å²) in [4.78, 5) is 0. The molecule has 0 N–H and O–H groups in total. The molecule has 0 saturated heterocycles. The van der Waals surface area contributed by atoms with E-state index in [2.05, 4.69) is 56.4 Å². The van der Waals surface area contributed by atoms with E-state index in [-0.39, 0.29) is 0 Å². The van der Waals surface area contributed by atoms with Crippen LogP contribution in [0.25, 0.3) is 0 Å². The van der Waals surface area contributed by atoms with Crippen molar-refractivity contribution in [3.05, 3.63) is 36.4 Å². The molecule has 0 heterocycles. The summed E-state index contributed by atoms with van der Waals surface area (Å²) >= 11 is 0. The van der Waals surface area contributed by atoms with Crippen LogP contribution in [0.1, 0.15) is 77.6 Å². The molecular formula is C21H37Si. The lowest BCUT2D eigenvalue weighted by Crippen LogP contribution is -2.42. The number of rotatable bonds is 13. The van der Waals surface area contributed by atoms with E-state index in [9.17, 15) is 0 Å². The lowest BCUT2D eigenvalue weighted by Gasteiger charge is -2.22. The van der Waals surface area contributed by atoms with Crippen LogP contribution >= 0.6 is 0 Å². The molecule has 0 amide bonds. The molecule has 0 aliphatic heterocycles. The fraction of sp³-hybridized carbons (Fsp3) is 0.667. The summed E-state index contributed by atoms with van der Waals surface area (Å²) in [6.45, 7) is 7.23. The van der Waals surface area contributed by atoms with Gasteiger partial charge in [-0.15, -0.1) is 0 Å². The maximum absolute atomic E-state index is 2.65. The molecular weight excluding hydrogens is 280 g/mol. The largest absolute Gasteiger partial charge is 0.0836 e. The third-order valence-corrected chi connectivity index (χ3v) is 7.86. The van der Waals surface area contributed by atoms with Crippen molar-refractivity contribution in [2.24, 2.45) is 0 Å². The van der Waals surface area contributed by atoms with Crippen LogP contribution in [0.5, 0.6) is 0 Å². The van der Waals surface area contributed by atoms with Gasteiger partial charge in [-0.25, -0.2) is 0 Å². The normalized spacial score (nSPS) is 11.8. The second kappa shape index (κ2) is 11.9. The molecule has 1 heteroatoms. The molecule has 22 heavy (non-hydrogen) atoms. The summed E-state index contributed by atoms with van der Waals surface area (Å²) < 4.78 is 0. The Morgan fingerprint density at radius 2 is 1.23 bits per heavy atom. The van der Waals surface area contributed by atoms with Crippen molar-refractivity contribution in [1.29, 1.82) is 0 Å². The monoisotopic (exact) mass is 317 g/mol. The number of hydrogen-bond donors (Lipinski definition) is 0. The molecule has 1 aromatic rings. The topological polar surface area (TPSA) is 0 Å². The third-order valence-electron chi connectivity index (χ3n) is 4.73. The first kappa shape index (κ1) is 19.5. The lowest BCUT2D eigenvalue weighted by molar-refractivity contribution is 0.557. The third kappa shape index (κ3) is 8.78. The minimum Gasteiger partial charge on any atom is -0.0654 e. The summed E-state index contributed by atoms with van der Waals surface area (Å²) in [5.41, 5.74) is 0. The van der Waals surface area contributed by atoms with Crippen LogP contribution in [0.15, 0.2) is 30.3 Å². The minimum absolute atomic E-state index is 1.30. The minimum atomic E-state index is -1.30. The van der Waals surface area contributed by atoms with Crippen LogP contribution in [0.4, 0.5) is 0 Å². The predicted molar refractivity (Wildman–Crippen MR) is 104 cm³/mol. The average Bonchev–Trinajstić information content (AvgIpc) is 2.53. The van der Waals surface area contributed by atoms with Crippen molar-refractivity contribution >= 4 is 13.3 Å². The van der Waals surface area contributed by atoms with Crippen molar-refractivity contribution in [3.8, 4) is 0 Å². The quantitative estimate of drug-likeness (QED) is 0.282. The maximum Gasteiger partial charge on any atom is 0.0836 e. The first-order valence-corrected chi connectivity index (χ1v) is 12.6. The Morgan fingerprint density at radius 1 is 0.727 bits per heavy atom. The Labute approximate surface area is 140 Å². The van der Waals surface area contributed by atoms with E-state index in [1.807, 2.05) is 0 Å². The van der Waals surface area contributed by atoms with Crippen LogP contribution in [0, 0.1) is 6.04 Å². The Balaban J connectivity index is 1.97. The summed E-state index contributed by atoms with van der Waals surface area (Å²) in [6.07, 6.45) is 15.6. The maximum atomic E-state index is 2.65. The molecule has 0 spiro atoms. The van der Waals surface area contributed by atoms with E-state index < -0.39 is 8.07 Å². The highest BCUT2D eigenvalue weighted by Crippen LogP contribution is 2.15. The molecule has 1 rings (SSSR count). The van der Waals surface area contributed by atoms with Crippen molar-refractivity contribution in [2.75, 3.05) is 0 Å². The van der Waals surface area contributed by atoms with Gasteiger partial charge in [0.25, 0.3) is 0 Å². The van der Waals surface area contributed by atoms with E-state index in [0.29, 0.717) is 0 Å². The van der Waals surface area contributed by atoms with Gasteiger partial charge in [-0.3, -0.25) is 0 Å². The molecule has 0 aromatic heterocycles. The van der Waals surface area contributed by atoms with E-state index in [1.165, 1.54) is 70.6 Å². The van der Waals surface area contributed by atoms with Gasteiger partial charge < -0.3 is 0 Å². The second-order valence-electron chi connectivity index (χ2n) is 7.26. The van der Waals surface area contributed by atoms with Crippen LogP contribution in [-0.2, 0) is 0 Å². The molecule has 125 valence electrons. The number of unbranched alkanes of at least 4 members (excludes halogenated alkanes) is 10. The lowest BCUT2D eigenvalue weighted by atomic mass is 10.1. The molecule has 0 atom stereocenters. The van der Waals surface area contributed by atoms with Gasteiger partial charge in [-0.2, -0.15) is 0 Å². The zero-order valence-electron chi connectivity index (χ0n) is 15.2. The Hall–Kier alpha value is -0.563. The van der Waals surface area contributed by atoms with Crippen molar-refractivity contribution in [1.82, 2.24) is 0 Å². The number of hydrogen-bond acceptors (Lipinski definition) is 0. The van der Waals surface area contributed by atoms with Gasteiger partial charge in [0.05, 0.1) is 8.07 Å². The van der Waals surface area contributed by atoms with Gasteiger partial charge >= 0.3 is 0 Å². The average molecular weight is 318 g/mol. The van der Waals surface area contributed by atoms with Crippen molar-refractivity contribution < 1.29 is 0 Å². The molecule has 0 unspecified atom stereocenters. The van der Waals surface area contributed by atoms with Gasteiger partial charge in [0.15, 0.2) is 0 Å². The molecule has 1 aromatic carbocycles. The van der Waals surface area contributed by atoms with Crippen molar-refractivity contribution in [3.63, 3.8) is 0 Å². The molecule has 1 radical (unpaired) electrons. The number of benzene rings is 1. The molecule has 0 saturated carbocycles. The van der Waals surface area contributed by atoms with E-state index in [1.54, 1.807) is 5.19 Å². The summed E-state index contributed by atoms with van der Waals surface area (Å²) in [5.74, 6) is 0. The summed E-state index contributed by atoms with van der Waals surface area (Å²) in [5, 5.41) is 1.57. The molecule has 0 nitrogen and oxygen atoms in total. The molecule has 0 fully saturated rings. The van der Waals surface area contributed by atoms with E-state index in [0.717, 1.165) is 0 Å². The Bertz CT molecular complexity index is 355. The van der Waals surface area contributed by atoms with Crippen LogP contribution in [0.3, 0.4) is 0 Å². The van der Waals surface area contributed by atoms with Crippen LogP contribution in [0.2, 0.25) is 13.1 Å². The zero-order valence-corrected chi connectivity index (χ0v) is 16.2. The van der Waals surface area contributed by atoms with Crippen LogP contribution in [-0.4, -0.2) is 8.07 Å². The van der Waals surface area contributed by atoms with Gasteiger partial charge in [0.1, 0.15) is 0 Å². The highest BCUT2D eigenvalue weighted by Gasteiger charge is 2.22.